The third-order valence-corrected chi connectivity index (χ3v) is 3.43. The molecule has 0 fully saturated rings. The molecule has 2 aromatic rings. The van der Waals surface area contributed by atoms with Gasteiger partial charge in [-0.3, -0.25) is 4.98 Å². The molecule has 0 aliphatic rings. The van der Waals surface area contributed by atoms with Crippen molar-refractivity contribution in [1.29, 1.82) is 0 Å². The number of pyridine rings is 1. The van der Waals surface area contributed by atoms with E-state index < -0.39 is 10.0 Å². The summed E-state index contributed by atoms with van der Waals surface area (Å²) in [5, 5.41) is 13.6. The SMILES string of the molecule is CNc1ccncc1S(=O)(=O)Nc1nnn(C)n1. The lowest BCUT2D eigenvalue weighted by Gasteiger charge is -2.08. The lowest BCUT2D eigenvalue weighted by atomic mass is 10.4. The van der Waals surface area contributed by atoms with E-state index in [1.807, 2.05) is 0 Å². The van der Waals surface area contributed by atoms with Crippen LogP contribution in [0.4, 0.5) is 11.6 Å². The fraction of sp³-hybridized carbons (Fsp3) is 0.250. The summed E-state index contributed by atoms with van der Waals surface area (Å²) in [6.07, 6.45) is 2.73. The Morgan fingerprint density at radius 1 is 1.39 bits per heavy atom. The summed E-state index contributed by atoms with van der Waals surface area (Å²) in [5.41, 5.74) is 0.432. The number of tetrazole rings is 1. The average Bonchev–Trinajstić information content (AvgIpc) is 2.74. The molecule has 2 N–H and O–H groups in total. The van der Waals surface area contributed by atoms with Gasteiger partial charge in [-0.15, -0.1) is 5.10 Å². The predicted molar refractivity (Wildman–Crippen MR) is 63.4 cm³/mol. The third kappa shape index (κ3) is 2.37. The first kappa shape index (κ1) is 12.2. The summed E-state index contributed by atoms with van der Waals surface area (Å²) >= 11 is 0. The number of nitrogens with one attached hydrogen (secondary N) is 2. The molecule has 18 heavy (non-hydrogen) atoms. The molecule has 0 saturated carbocycles. The zero-order chi connectivity index (χ0) is 13.2. The minimum atomic E-state index is -3.80. The van der Waals surface area contributed by atoms with Crippen molar-refractivity contribution in [3.05, 3.63) is 18.5 Å². The highest BCUT2D eigenvalue weighted by Gasteiger charge is 2.20. The van der Waals surface area contributed by atoms with Gasteiger partial charge in [-0.25, -0.2) is 13.1 Å². The van der Waals surface area contributed by atoms with Crippen LogP contribution in [0.1, 0.15) is 0 Å². The highest BCUT2D eigenvalue weighted by Crippen LogP contribution is 2.20. The Morgan fingerprint density at radius 3 is 2.78 bits per heavy atom. The molecular formula is C8H11N7O2S. The molecular weight excluding hydrogens is 258 g/mol. The van der Waals surface area contributed by atoms with Crippen molar-refractivity contribution in [1.82, 2.24) is 25.2 Å². The van der Waals surface area contributed by atoms with Gasteiger partial charge in [-0.05, 0) is 11.3 Å². The molecule has 0 radical (unpaired) electrons. The Bertz CT molecular complexity index is 651. The Hall–Kier alpha value is -2.23. The molecule has 0 unspecified atom stereocenters. The van der Waals surface area contributed by atoms with Gasteiger partial charge in [0.05, 0.1) is 12.7 Å². The summed E-state index contributed by atoms with van der Waals surface area (Å²) in [4.78, 5) is 4.95. The van der Waals surface area contributed by atoms with Crippen molar-refractivity contribution < 1.29 is 8.42 Å². The smallest absolute Gasteiger partial charge is 0.277 e. The van der Waals surface area contributed by atoms with Crippen LogP contribution in [-0.4, -0.2) is 40.7 Å². The molecule has 0 bridgehead atoms. The summed E-state index contributed by atoms with van der Waals surface area (Å²) in [7, 11) is -0.641. The van der Waals surface area contributed by atoms with Gasteiger partial charge in [-0.1, -0.05) is 5.10 Å². The molecule has 0 saturated heterocycles. The molecule has 2 aromatic heterocycles. The lowest BCUT2D eigenvalue weighted by Crippen LogP contribution is -2.16. The van der Waals surface area contributed by atoms with Crippen LogP contribution in [0.5, 0.6) is 0 Å². The van der Waals surface area contributed by atoms with Crippen molar-refractivity contribution in [3.8, 4) is 0 Å². The monoisotopic (exact) mass is 269 g/mol. The summed E-state index contributed by atoms with van der Waals surface area (Å²) in [6, 6.07) is 1.55. The molecule has 10 heteroatoms. The highest BCUT2D eigenvalue weighted by atomic mass is 32.2. The van der Waals surface area contributed by atoms with E-state index in [9.17, 15) is 8.42 Å². The van der Waals surface area contributed by atoms with E-state index in [1.54, 1.807) is 13.1 Å². The molecule has 0 aliphatic heterocycles. The first-order chi connectivity index (χ1) is 8.53. The standard InChI is InChI=1S/C8H11N7O2S/c1-9-6-3-4-10-5-7(6)18(16,17)13-8-11-14-15(2)12-8/h3-5H,1-2H3,(H,9,10)(H,12,13). The average molecular weight is 269 g/mol. The zero-order valence-electron chi connectivity index (χ0n) is 9.69. The molecule has 96 valence electrons. The fourth-order valence-electron chi connectivity index (χ4n) is 1.30. The van der Waals surface area contributed by atoms with Crippen molar-refractivity contribution in [3.63, 3.8) is 0 Å². The van der Waals surface area contributed by atoms with Gasteiger partial charge in [0.2, 0.25) is 0 Å². The van der Waals surface area contributed by atoms with Crippen LogP contribution in [0.25, 0.3) is 0 Å². The van der Waals surface area contributed by atoms with E-state index >= 15 is 0 Å². The van der Waals surface area contributed by atoms with Crippen LogP contribution in [0.3, 0.4) is 0 Å². The molecule has 9 nitrogen and oxygen atoms in total. The largest absolute Gasteiger partial charge is 0.387 e. The number of hydrogen-bond acceptors (Lipinski definition) is 7. The minimum Gasteiger partial charge on any atom is -0.387 e. The van der Waals surface area contributed by atoms with Crippen molar-refractivity contribution >= 4 is 21.7 Å². The zero-order valence-corrected chi connectivity index (χ0v) is 10.5. The molecule has 0 spiro atoms. The molecule has 0 aliphatic carbocycles. The van der Waals surface area contributed by atoms with Crippen molar-refractivity contribution in [2.75, 3.05) is 17.1 Å². The van der Waals surface area contributed by atoms with E-state index in [1.165, 1.54) is 19.4 Å². The van der Waals surface area contributed by atoms with E-state index in [0.29, 0.717) is 5.69 Å². The first-order valence-electron chi connectivity index (χ1n) is 4.91. The Balaban J connectivity index is 2.36. The van der Waals surface area contributed by atoms with E-state index in [2.05, 4.69) is 30.4 Å². The molecule has 0 aromatic carbocycles. The quantitative estimate of drug-likeness (QED) is 0.765. The van der Waals surface area contributed by atoms with Crippen LogP contribution >= 0.6 is 0 Å². The van der Waals surface area contributed by atoms with Crippen LogP contribution in [0.15, 0.2) is 23.4 Å². The Labute approximate surface area is 103 Å². The number of sulfonamides is 1. The fourth-order valence-corrected chi connectivity index (χ4v) is 2.39. The Morgan fingerprint density at radius 2 is 2.17 bits per heavy atom. The number of rotatable bonds is 4. The lowest BCUT2D eigenvalue weighted by molar-refractivity contribution is 0.600. The third-order valence-electron chi connectivity index (χ3n) is 2.08. The van der Waals surface area contributed by atoms with Crippen molar-refractivity contribution in [2.45, 2.75) is 4.90 Å². The van der Waals surface area contributed by atoms with Gasteiger partial charge in [0.25, 0.3) is 16.0 Å². The number of hydrogen-bond donors (Lipinski definition) is 2. The molecule has 2 heterocycles. The minimum absolute atomic E-state index is 0.0138. The number of anilines is 2. The van der Waals surface area contributed by atoms with E-state index in [4.69, 9.17) is 0 Å². The number of nitrogens with zero attached hydrogens (tertiary/aromatic N) is 5. The topological polar surface area (TPSA) is 115 Å². The van der Waals surface area contributed by atoms with Crippen LogP contribution in [-0.2, 0) is 17.1 Å². The van der Waals surface area contributed by atoms with Crippen molar-refractivity contribution in [2.24, 2.45) is 7.05 Å². The van der Waals surface area contributed by atoms with E-state index in [-0.39, 0.29) is 10.8 Å². The van der Waals surface area contributed by atoms with Gasteiger partial charge in [-0.2, -0.15) is 4.80 Å². The number of aryl methyl sites for hydroxylation is 1. The molecule has 2 rings (SSSR count). The van der Waals surface area contributed by atoms with Gasteiger partial charge in [0.15, 0.2) is 0 Å². The van der Waals surface area contributed by atoms with Crippen LogP contribution < -0.4 is 10.0 Å². The molecule has 0 amide bonds. The maximum atomic E-state index is 12.1. The van der Waals surface area contributed by atoms with Crippen LogP contribution in [0.2, 0.25) is 0 Å². The summed E-state index contributed by atoms with van der Waals surface area (Å²) < 4.78 is 26.4. The van der Waals surface area contributed by atoms with Crippen LogP contribution in [0, 0.1) is 0 Å². The number of aromatic nitrogens is 5. The molecule has 0 atom stereocenters. The summed E-state index contributed by atoms with van der Waals surface area (Å²) in [5.74, 6) is -0.0941. The van der Waals surface area contributed by atoms with E-state index in [0.717, 1.165) is 4.80 Å². The maximum Gasteiger partial charge on any atom is 0.277 e. The maximum absolute atomic E-state index is 12.1. The normalized spacial score (nSPS) is 11.2. The van der Waals surface area contributed by atoms with Gasteiger partial charge >= 0.3 is 0 Å². The van der Waals surface area contributed by atoms with Gasteiger partial charge in [0.1, 0.15) is 4.90 Å². The second kappa shape index (κ2) is 4.56. The van der Waals surface area contributed by atoms with Gasteiger partial charge < -0.3 is 5.32 Å². The second-order valence-electron chi connectivity index (χ2n) is 3.33. The first-order valence-corrected chi connectivity index (χ1v) is 6.40. The predicted octanol–water partition coefficient (Wildman–Crippen LogP) is -0.552. The van der Waals surface area contributed by atoms with Gasteiger partial charge in [0, 0.05) is 19.4 Å². The Kier molecular flexibility index (Phi) is 3.10. The second-order valence-corrected chi connectivity index (χ2v) is 4.98. The summed E-state index contributed by atoms with van der Waals surface area (Å²) in [6.45, 7) is 0. The highest BCUT2D eigenvalue weighted by molar-refractivity contribution is 7.92.